The van der Waals surface area contributed by atoms with Crippen LogP contribution in [-0.4, -0.2) is 61.9 Å². The third-order valence-corrected chi connectivity index (χ3v) is 3.54. The lowest BCUT2D eigenvalue weighted by Crippen LogP contribution is -2.38. The van der Waals surface area contributed by atoms with Crippen LogP contribution < -0.4 is 5.32 Å². The van der Waals surface area contributed by atoms with E-state index in [4.69, 9.17) is 0 Å². The van der Waals surface area contributed by atoms with E-state index in [1.165, 1.54) is 0 Å². The van der Waals surface area contributed by atoms with E-state index in [2.05, 4.69) is 10.2 Å². The lowest BCUT2D eigenvalue weighted by molar-refractivity contribution is -0.128. The van der Waals surface area contributed by atoms with Crippen LogP contribution in [0.25, 0.3) is 0 Å². The zero-order valence-electron chi connectivity index (χ0n) is 14.1. The summed E-state index contributed by atoms with van der Waals surface area (Å²) in [5.41, 5.74) is 1.64. The maximum Gasteiger partial charge on any atom is 0.251 e. The molecule has 22 heavy (non-hydrogen) atoms. The van der Waals surface area contributed by atoms with Crippen molar-refractivity contribution in [2.45, 2.75) is 20.3 Å². The Bertz CT molecular complexity index is 500. The highest BCUT2D eigenvalue weighted by Crippen LogP contribution is 2.06. The Labute approximate surface area is 133 Å². The number of nitrogens with zero attached hydrogens (tertiary/aromatic N) is 2. The van der Waals surface area contributed by atoms with Crippen LogP contribution in [0.3, 0.4) is 0 Å². The Hall–Kier alpha value is -1.88. The minimum absolute atomic E-state index is 0.0453. The fourth-order valence-corrected chi connectivity index (χ4v) is 2.23. The van der Waals surface area contributed by atoms with E-state index in [-0.39, 0.29) is 11.8 Å². The zero-order chi connectivity index (χ0) is 16.5. The molecule has 0 radical (unpaired) electrons. The molecule has 0 spiro atoms. The van der Waals surface area contributed by atoms with Gasteiger partial charge >= 0.3 is 0 Å². The summed E-state index contributed by atoms with van der Waals surface area (Å²) < 4.78 is 0. The third-order valence-electron chi connectivity index (χ3n) is 3.54. The normalized spacial score (nSPS) is 10.6. The summed E-state index contributed by atoms with van der Waals surface area (Å²) in [4.78, 5) is 27.6. The summed E-state index contributed by atoms with van der Waals surface area (Å²) in [6.45, 7) is 6.15. The first kappa shape index (κ1) is 18.2. The number of hydrogen-bond donors (Lipinski definition) is 1. The van der Waals surface area contributed by atoms with Gasteiger partial charge in [-0.25, -0.2) is 0 Å². The molecule has 0 fully saturated rings. The molecule has 0 saturated heterocycles. The Morgan fingerprint density at radius 1 is 1.09 bits per heavy atom. The average molecular weight is 305 g/mol. The first-order valence-corrected chi connectivity index (χ1v) is 7.66. The molecule has 2 amide bonds. The number of aryl methyl sites for hydroxylation is 1. The molecule has 1 N–H and O–H groups in total. The van der Waals surface area contributed by atoms with Crippen LogP contribution >= 0.6 is 0 Å². The van der Waals surface area contributed by atoms with E-state index in [1.54, 1.807) is 11.8 Å². The molecule has 1 aromatic carbocycles. The molecule has 0 aliphatic rings. The van der Waals surface area contributed by atoms with E-state index >= 15 is 0 Å². The van der Waals surface area contributed by atoms with E-state index < -0.39 is 0 Å². The summed E-state index contributed by atoms with van der Waals surface area (Å²) in [5.74, 6) is -0.0428. The molecule has 0 saturated carbocycles. The van der Waals surface area contributed by atoms with Crippen LogP contribution in [0, 0.1) is 6.92 Å². The van der Waals surface area contributed by atoms with Crippen molar-refractivity contribution in [1.29, 1.82) is 0 Å². The van der Waals surface area contributed by atoms with Gasteiger partial charge in [-0.2, -0.15) is 0 Å². The standard InChI is InChI=1S/C17H27N3O2/c1-14-8-5-6-9-16(14)17(22)18-10-13-20(15(2)21)12-7-11-19(3)4/h5-6,8-9H,7,10-13H2,1-4H3,(H,18,22). The molecule has 0 unspecified atom stereocenters. The van der Waals surface area contributed by atoms with Gasteiger partial charge in [-0.3, -0.25) is 9.59 Å². The van der Waals surface area contributed by atoms with Crippen LogP contribution in [0.4, 0.5) is 0 Å². The summed E-state index contributed by atoms with van der Waals surface area (Å²) in [6, 6.07) is 7.49. The van der Waals surface area contributed by atoms with Crippen molar-refractivity contribution in [3.05, 3.63) is 35.4 Å². The van der Waals surface area contributed by atoms with Gasteiger partial charge in [-0.15, -0.1) is 0 Å². The fourth-order valence-electron chi connectivity index (χ4n) is 2.23. The van der Waals surface area contributed by atoms with Gasteiger partial charge in [0, 0.05) is 32.1 Å². The van der Waals surface area contributed by atoms with Crippen LogP contribution in [0.5, 0.6) is 0 Å². The second kappa shape index (κ2) is 9.20. The molecule has 5 nitrogen and oxygen atoms in total. The molecular formula is C17H27N3O2. The molecule has 0 aromatic heterocycles. The number of carbonyl (C=O) groups excluding carboxylic acids is 2. The van der Waals surface area contributed by atoms with E-state index in [0.29, 0.717) is 25.2 Å². The van der Waals surface area contributed by atoms with Gasteiger partial charge in [0.1, 0.15) is 0 Å². The van der Waals surface area contributed by atoms with Gasteiger partial charge in [-0.1, -0.05) is 18.2 Å². The van der Waals surface area contributed by atoms with Crippen molar-refractivity contribution < 1.29 is 9.59 Å². The van der Waals surface area contributed by atoms with Crippen LogP contribution in [0.1, 0.15) is 29.3 Å². The Kier molecular flexibility index (Phi) is 7.60. The van der Waals surface area contributed by atoms with Crippen LogP contribution in [0.15, 0.2) is 24.3 Å². The second-order valence-electron chi connectivity index (χ2n) is 5.73. The van der Waals surface area contributed by atoms with Gasteiger partial charge in [0.25, 0.3) is 5.91 Å². The molecule has 0 bridgehead atoms. The first-order chi connectivity index (χ1) is 10.4. The lowest BCUT2D eigenvalue weighted by atomic mass is 10.1. The number of carbonyl (C=O) groups is 2. The second-order valence-corrected chi connectivity index (χ2v) is 5.73. The third kappa shape index (κ3) is 6.26. The number of hydrogen-bond acceptors (Lipinski definition) is 3. The van der Waals surface area contributed by atoms with Crippen molar-refractivity contribution in [1.82, 2.24) is 15.1 Å². The minimum Gasteiger partial charge on any atom is -0.350 e. The molecule has 1 rings (SSSR count). The number of rotatable bonds is 8. The van der Waals surface area contributed by atoms with E-state index in [1.807, 2.05) is 45.3 Å². The summed E-state index contributed by atoms with van der Waals surface area (Å²) >= 11 is 0. The quantitative estimate of drug-likeness (QED) is 0.792. The van der Waals surface area contributed by atoms with E-state index in [0.717, 1.165) is 18.5 Å². The number of amides is 2. The van der Waals surface area contributed by atoms with E-state index in [9.17, 15) is 9.59 Å². The predicted octanol–water partition coefficient (Wildman–Crippen LogP) is 1.53. The monoisotopic (exact) mass is 305 g/mol. The van der Waals surface area contributed by atoms with Crippen LogP contribution in [-0.2, 0) is 4.79 Å². The van der Waals surface area contributed by atoms with Gasteiger partial charge in [-0.05, 0) is 45.6 Å². The Morgan fingerprint density at radius 2 is 1.77 bits per heavy atom. The molecule has 5 heteroatoms. The fraction of sp³-hybridized carbons (Fsp3) is 0.529. The van der Waals surface area contributed by atoms with Crippen molar-refractivity contribution in [2.24, 2.45) is 0 Å². The van der Waals surface area contributed by atoms with Crippen molar-refractivity contribution in [3.8, 4) is 0 Å². The molecular weight excluding hydrogens is 278 g/mol. The van der Waals surface area contributed by atoms with Crippen LogP contribution in [0.2, 0.25) is 0 Å². The van der Waals surface area contributed by atoms with Gasteiger partial charge in [0.05, 0.1) is 0 Å². The predicted molar refractivity (Wildman–Crippen MR) is 88.9 cm³/mol. The highest BCUT2D eigenvalue weighted by molar-refractivity contribution is 5.95. The van der Waals surface area contributed by atoms with Crippen molar-refractivity contribution >= 4 is 11.8 Å². The molecule has 0 heterocycles. The summed E-state index contributed by atoms with van der Waals surface area (Å²) in [5, 5.41) is 2.88. The molecule has 0 atom stereocenters. The summed E-state index contributed by atoms with van der Waals surface area (Å²) in [6.07, 6.45) is 0.929. The SMILES string of the molecule is CC(=O)N(CCCN(C)C)CCNC(=O)c1ccccc1C. The first-order valence-electron chi connectivity index (χ1n) is 7.66. The lowest BCUT2D eigenvalue weighted by Gasteiger charge is -2.22. The molecule has 1 aromatic rings. The largest absolute Gasteiger partial charge is 0.350 e. The summed E-state index contributed by atoms with van der Waals surface area (Å²) in [7, 11) is 4.03. The Morgan fingerprint density at radius 3 is 2.36 bits per heavy atom. The highest BCUT2D eigenvalue weighted by Gasteiger charge is 2.11. The maximum atomic E-state index is 12.1. The highest BCUT2D eigenvalue weighted by atomic mass is 16.2. The smallest absolute Gasteiger partial charge is 0.251 e. The average Bonchev–Trinajstić information content (AvgIpc) is 2.45. The molecule has 0 aliphatic carbocycles. The maximum absolute atomic E-state index is 12.1. The van der Waals surface area contributed by atoms with Gasteiger partial charge < -0.3 is 15.1 Å². The van der Waals surface area contributed by atoms with Gasteiger partial charge in [0.15, 0.2) is 0 Å². The van der Waals surface area contributed by atoms with Crippen molar-refractivity contribution in [3.63, 3.8) is 0 Å². The molecule has 122 valence electrons. The molecule has 0 aliphatic heterocycles. The topological polar surface area (TPSA) is 52.7 Å². The number of nitrogens with one attached hydrogen (secondary N) is 1. The zero-order valence-corrected chi connectivity index (χ0v) is 14.1. The van der Waals surface area contributed by atoms with Gasteiger partial charge in [0.2, 0.25) is 5.91 Å². The minimum atomic E-state index is -0.0881. The number of benzene rings is 1. The Balaban J connectivity index is 2.41. The van der Waals surface area contributed by atoms with Crippen molar-refractivity contribution in [2.75, 3.05) is 40.3 Å².